The van der Waals surface area contributed by atoms with Crippen LogP contribution >= 0.6 is 0 Å². The number of aryl methyl sites for hydroxylation is 1. The number of methoxy groups -OCH3 is 2. The number of pyridine rings is 1. The molecule has 0 spiro atoms. The number of hydrogen-bond donors (Lipinski definition) is 1. The van der Waals surface area contributed by atoms with Gasteiger partial charge in [-0.25, -0.2) is 9.67 Å². The molecule has 0 radical (unpaired) electrons. The Bertz CT molecular complexity index is 1220. The van der Waals surface area contributed by atoms with E-state index in [0.29, 0.717) is 34.1 Å². The van der Waals surface area contributed by atoms with Crippen molar-refractivity contribution in [2.24, 2.45) is 0 Å². The van der Waals surface area contributed by atoms with Crippen LogP contribution < -0.4 is 14.8 Å². The fourth-order valence-electron chi connectivity index (χ4n) is 3.24. The fraction of sp³-hybridized carbons (Fsp3) is 0.125. The van der Waals surface area contributed by atoms with Crippen molar-refractivity contribution in [1.29, 1.82) is 0 Å². The third-order valence-corrected chi connectivity index (χ3v) is 4.77. The molecular formula is C24H22N4O3. The number of aromatic nitrogens is 3. The maximum absolute atomic E-state index is 13.2. The van der Waals surface area contributed by atoms with E-state index in [-0.39, 0.29) is 5.91 Å². The van der Waals surface area contributed by atoms with Gasteiger partial charge < -0.3 is 14.8 Å². The Kier molecular flexibility index (Phi) is 5.66. The molecule has 31 heavy (non-hydrogen) atoms. The van der Waals surface area contributed by atoms with Crippen LogP contribution in [-0.2, 0) is 0 Å². The lowest BCUT2D eigenvalue weighted by Gasteiger charge is -2.10. The zero-order valence-corrected chi connectivity index (χ0v) is 17.5. The van der Waals surface area contributed by atoms with E-state index in [9.17, 15) is 4.79 Å². The van der Waals surface area contributed by atoms with Gasteiger partial charge in [-0.05, 0) is 43.3 Å². The first-order chi connectivity index (χ1) is 15.1. The molecule has 4 rings (SSSR count). The van der Waals surface area contributed by atoms with Gasteiger partial charge in [-0.1, -0.05) is 24.3 Å². The maximum atomic E-state index is 13.2. The predicted octanol–water partition coefficient (Wildman–Crippen LogP) is 4.51. The molecule has 1 amide bonds. The van der Waals surface area contributed by atoms with Crippen LogP contribution in [0.1, 0.15) is 16.1 Å². The van der Waals surface area contributed by atoms with E-state index in [0.717, 1.165) is 11.4 Å². The van der Waals surface area contributed by atoms with Crippen molar-refractivity contribution in [3.05, 3.63) is 84.2 Å². The van der Waals surface area contributed by atoms with Crippen molar-refractivity contribution in [2.45, 2.75) is 6.92 Å². The number of amides is 1. The molecule has 4 aromatic rings. The van der Waals surface area contributed by atoms with E-state index in [4.69, 9.17) is 14.6 Å². The second-order valence-electron chi connectivity index (χ2n) is 6.86. The highest BCUT2D eigenvalue weighted by atomic mass is 16.5. The number of rotatable bonds is 6. The Morgan fingerprint density at radius 3 is 2.48 bits per heavy atom. The first-order valence-electron chi connectivity index (χ1n) is 9.71. The van der Waals surface area contributed by atoms with E-state index < -0.39 is 0 Å². The van der Waals surface area contributed by atoms with E-state index in [1.165, 1.54) is 0 Å². The predicted molar refractivity (Wildman–Crippen MR) is 119 cm³/mol. The molecule has 0 saturated heterocycles. The van der Waals surface area contributed by atoms with Crippen LogP contribution in [0.2, 0.25) is 0 Å². The monoisotopic (exact) mass is 414 g/mol. The molecule has 2 heterocycles. The molecule has 0 bridgehead atoms. The van der Waals surface area contributed by atoms with Crippen LogP contribution in [0.5, 0.6) is 11.5 Å². The summed E-state index contributed by atoms with van der Waals surface area (Å²) in [6, 6.07) is 20.5. The van der Waals surface area contributed by atoms with Gasteiger partial charge in [-0.3, -0.25) is 4.79 Å². The van der Waals surface area contributed by atoms with E-state index in [1.54, 1.807) is 37.2 Å². The average molecular weight is 414 g/mol. The number of carbonyl (C=O) groups is 1. The zero-order valence-electron chi connectivity index (χ0n) is 17.5. The number of carbonyl (C=O) groups excluding carboxylic acids is 1. The van der Waals surface area contributed by atoms with Gasteiger partial charge in [0.25, 0.3) is 5.91 Å². The minimum atomic E-state index is -0.312. The minimum absolute atomic E-state index is 0.312. The highest BCUT2D eigenvalue weighted by Crippen LogP contribution is 2.35. The summed E-state index contributed by atoms with van der Waals surface area (Å²) in [5.41, 5.74) is 3.23. The van der Waals surface area contributed by atoms with Gasteiger partial charge in [-0.15, -0.1) is 0 Å². The van der Waals surface area contributed by atoms with E-state index >= 15 is 0 Å². The zero-order chi connectivity index (χ0) is 21.8. The first kappa shape index (κ1) is 20.2. The molecule has 0 aliphatic rings. The number of ether oxygens (including phenoxy) is 2. The number of anilines is 1. The van der Waals surface area contributed by atoms with Gasteiger partial charge in [0, 0.05) is 23.5 Å². The standard InChI is InChI=1S/C24H22N4O3/c1-16-8-7-11-22(25-16)26-24(29)20-15-28(17-9-5-4-6-10-17)27-23(20)19-13-12-18(30-2)14-21(19)31-3/h4-15H,1-3H3,(H,25,26,29). The number of benzene rings is 2. The molecule has 0 saturated carbocycles. The van der Waals surface area contributed by atoms with Crippen molar-refractivity contribution in [2.75, 3.05) is 19.5 Å². The highest BCUT2D eigenvalue weighted by molar-refractivity contribution is 6.08. The lowest BCUT2D eigenvalue weighted by atomic mass is 10.1. The Hall–Kier alpha value is -4.13. The Morgan fingerprint density at radius 2 is 1.77 bits per heavy atom. The third kappa shape index (κ3) is 4.25. The lowest BCUT2D eigenvalue weighted by Crippen LogP contribution is -2.13. The molecule has 156 valence electrons. The first-order valence-corrected chi connectivity index (χ1v) is 9.71. The van der Waals surface area contributed by atoms with Gasteiger partial charge in [0.05, 0.1) is 25.5 Å². The van der Waals surface area contributed by atoms with Gasteiger partial charge in [-0.2, -0.15) is 5.10 Å². The number of hydrogen-bond acceptors (Lipinski definition) is 5. The normalized spacial score (nSPS) is 10.5. The largest absolute Gasteiger partial charge is 0.497 e. The van der Waals surface area contributed by atoms with Gasteiger partial charge in [0.1, 0.15) is 23.0 Å². The molecule has 7 nitrogen and oxygen atoms in total. The molecule has 0 unspecified atom stereocenters. The minimum Gasteiger partial charge on any atom is -0.497 e. The van der Waals surface area contributed by atoms with Crippen molar-refractivity contribution in [1.82, 2.24) is 14.8 Å². The van der Waals surface area contributed by atoms with Crippen LogP contribution in [0.15, 0.2) is 72.9 Å². The highest BCUT2D eigenvalue weighted by Gasteiger charge is 2.22. The fourth-order valence-corrected chi connectivity index (χ4v) is 3.24. The van der Waals surface area contributed by atoms with Crippen molar-refractivity contribution in [3.63, 3.8) is 0 Å². The summed E-state index contributed by atoms with van der Waals surface area (Å²) in [6.45, 7) is 1.87. The molecule has 0 aliphatic heterocycles. The number of para-hydroxylation sites is 1. The maximum Gasteiger partial charge on any atom is 0.260 e. The lowest BCUT2D eigenvalue weighted by molar-refractivity contribution is 0.102. The van der Waals surface area contributed by atoms with Crippen LogP contribution in [0.25, 0.3) is 16.9 Å². The van der Waals surface area contributed by atoms with Crippen LogP contribution in [-0.4, -0.2) is 34.9 Å². The van der Waals surface area contributed by atoms with Crippen LogP contribution in [0, 0.1) is 6.92 Å². The molecule has 1 N–H and O–H groups in total. The third-order valence-electron chi connectivity index (χ3n) is 4.77. The summed E-state index contributed by atoms with van der Waals surface area (Å²) < 4.78 is 12.5. The summed E-state index contributed by atoms with van der Waals surface area (Å²) >= 11 is 0. The molecule has 2 aromatic heterocycles. The second kappa shape index (κ2) is 8.71. The number of nitrogens with one attached hydrogen (secondary N) is 1. The van der Waals surface area contributed by atoms with Gasteiger partial charge in [0.15, 0.2) is 0 Å². The van der Waals surface area contributed by atoms with E-state index in [2.05, 4.69) is 10.3 Å². The summed E-state index contributed by atoms with van der Waals surface area (Å²) in [7, 11) is 3.16. The molecule has 0 aliphatic carbocycles. The van der Waals surface area contributed by atoms with Crippen molar-refractivity contribution in [3.8, 4) is 28.4 Å². The van der Waals surface area contributed by atoms with Crippen molar-refractivity contribution >= 4 is 11.7 Å². The molecule has 0 atom stereocenters. The second-order valence-corrected chi connectivity index (χ2v) is 6.86. The van der Waals surface area contributed by atoms with Crippen LogP contribution in [0.3, 0.4) is 0 Å². The van der Waals surface area contributed by atoms with Crippen molar-refractivity contribution < 1.29 is 14.3 Å². The summed E-state index contributed by atoms with van der Waals surface area (Å²) in [5, 5.41) is 7.57. The topological polar surface area (TPSA) is 78.3 Å². The summed E-state index contributed by atoms with van der Waals surface area (Å²) in [4.78, 5) is 17.6. The van der Waals surface area contributed by atoms with Crippen LogP contribution in [0.4, 0.5) is 5.82 Å². The average Bonchev–Trinajstić information content (AvgIpc) is 3.24. The van der Waals surface area contributed by atoms with Gasteiger partial charge >= 0.3 is 0 Å². The van der Waals surface area contributed by atoms with E-state index in [1.807, 2.05) is 61.5 Å². The quantitative estimate of drug-likeness (QED) is 0.502. The Morgan fingerprint density at radius 1 is 0.968 bits per heavy atom. The molecular weight excluding hydrogens is 392 g/mol. The Labute approximate surface area is 180 Å². The SMILES string of the molecule is COc1ccc(-c2nn(-c3ccccc3)cc2C(=O)Nc2cccc(C)n2)c(OC)c1. The Balaban J connectivity index is 1.82. The smallest absolute Gasteiger partial charge is 0.260 e. The summed E-state index contributed by atoms with van der Waals surface area (Å²) in [5.74, 6) is 1.37. The number of nitrogens with zero attached hydrogens (tertiary/aromatic N) is 3. The molecule has 7 heteroatoms. The summed E-state index contributed by atoms with van der Waals surface area (Å²) in [6.07, 6.45) is 1.71. The molecule has 0 fully saturated rings. The van der Waals surface area contributed by atoms with Gasteiger partial charge in [0.2, 0.25) is 0 Å². The molecule has 2 aromatic carbocycles.